The molecule has 7 nitrogen and oxygen atoms in total. The first-order valence-electron chi connectivity index (χ1n) is 13.7. The third kappa shape index (κ3) is 7.63. The van der Waals surface area contributed by atoms with Crippen LogP contribution in [0, 0.1) is 10.1 Å². The van der Waals surface area contributed by atoms with Crippen molar-refractivity contribution in [3.8, 4) is 0 Å². The molecule has 2 aromatic rings. The molecule has 218 valence electrons. The Morgan fingerprint density at radius 3 is 2.20 bits per heavy atom. The van der Waals surface area contributed by atoms with Gasteiger partial charge in [0.05, 0.1) is 17.6 Å². The molecule has 11 heteroatoms. The predicted molar refractivity (Wildman–Crippen MR) is 155 cm³/mol. The monoisotopic (exact) mass is 578 g/mol. The second-order valence-corrected chi connectivity index (χ2v) is 12.1. The molecule has 0 spiro atoms. The highest BCUT2D eigenvalue weighted by atomic mass is 32.1. The molecule has 40 heavy (non-hydrogen) atoms. The molecule has 0 aromatic heterocycles. The molecule has 2 heterocycles. The average molecular weight is 579 g/mol. The molecule has 0 aliphatic carbocycles. The first-order chi connectivity index (χ1) is 18.8. The fourth-order valence-electron chi connectivity index (χ4n) is 5.25. The zero-order valence-electron chi connectivity index (χ0n) is 23.2. The average Bonchev–Trinajstić information content (AvgIpc) is 2.91. The molecule has 1 N–H and O–H groups in total. The van der Waals surface area contributed by atoms with Crippen LogP contribution in [0.3, 0.4) is 0 Å². The number of benzene rings is 2. The number of piperidine rings is 2. The van der Waals surface area contributed by atoms with Crippen molar-refractivity contribution >= 4 is 34.3 Å². The summed E-state index contributed by atoms with van der Waals surface area (Å²) in [5.74, 6) is 0. The van der Waals surface area contributed by atoms with Gasteiger partial charge in [-0.05, 0) is 60.9 Å². The van der Waals surface area contributed by atoms with Crippen LogP contribution in [0.15, 0.2) is 42.5 Å². The van der Waals surface area contributed by atoms with E-state index in [1.165, 1.54) is 17.3 Å². The van der Waals surface area contributed by atoms with Crippen molar-refractivity contribution in [1.82, 2.24) is 4.90 Å². The van der Waals surface area contributed by atoms with Gasteiger partial charge in [-0.3, -0.25) is 10.1 Å². The van der Waals surface area contributed by atoms with Crippen LogP contribution in [0.4, 0.5) is 30.2 Å². The first-order valence-corrected chi connectivity index (χ1v) is 14.1. The summed E-state index contributed by atoms with van der Waals surface area (Å²) >= 11 is 5.63. The summed E-state index contributed by atoms with van der Waals surface area (Å²) in [5.41, 5.74) is 0.726. The zero-order chi connectivity index (χ0) is 29.1. The Morgan fingerprint density at radius 1 is 1.02 bits per heavy atom. The highest BCUT2D eigenvalue weighted by molar-refractivity contribution is 7.80. The highest BCUT2D eigenvalue weighted by Gasteiger charge is 2.38. The van der Waals surface area contributed by atoms with Crippen LogP contribution in [0.25, 0.3) is 0 Å². The van der Waals surface area contributed by atoms with Gasteiger partial charge in [0.2, 0.25) is 0 Å². The van der Waals surface area contributed by atoms with Crippen LogP contribution in [0.1, 0.15) is 57.6 Å². The lowest BCUT2D eigenvalue weighted by Gasteiger charge is -2.36. The Kier molecular flexibility index (Phi) is 9.24. The molecule has 4 rings (SSSR count). The molecule has 2 saturated heterocycles. The number of nitro groups is 1. The molecule has 2 aliphatic heterocycles. The number of nitro benzene ring substituents is 1. The fraction of sp³-hybridized carbons (Fsp3) is 0.552. The Bertz CT molecular complexity index is 1180. The summed E-state index contributed by atoms with van der Waals surface area (Å²) in [4.78, 5) is 15.2. The third-order valence-corrected chi connectivity index (χ3v) is 8.08. The predicted octanol–water partition coefficient (Wildman–Crippen LogP) is 6.80. The van der Waals surface area contributed by atoms with Crippen LogP contribution in [0.2, 0.25) is 0 Å². The maximum Gasteiger partial charge on any atom is 0.423 e. The van der Waals surface area contributed by atoms with Crippen LogP contribution in [0.5, 0.6) is 0 Å². The van der Waals surface area contributed by atoms with Gasteiger partial charge < -0.3 is 19.9 Å². The largest absolute Gasteiger partial charge is 0.423 e. The fourth-order valence-corrected chi connectivity index (χ4v) is 5.50. The number of ether oxygens (including phenoxy) is 1. The molecule has 0 saturated carbocycles. The van der Waals surface area contributed by atoms with Gasteiger partial charge in [-0.2, -0.15) is 13.2 Å². The van der Waals surface area contributed by atoms with Crippen molar-refractivity contribution in [2.75, 3.05) is 43.0 Å². The van der Waals surface area contributed by atoms with Crippen LogP contribution in [-0.2, 0) is 16.3 Å². The molecule has 0 amide bonds. The second kappa shape index (κ2) is 12.3. The molecule has 0 atom stereocenters. The summed E-state index contributed by atoms with van der Waals surface area (Å²) in [7, 11) is 0. The number of likely N-dealkylation sites (tertiary alicyclic amines) is 1. The van der Waals surface area contributed by atoms with E-state index in [4.69, 9.17) is 17.0 Å². The minimum atomic E-state index is -4.80. The number of hydrogen-bond acceptors (Lipinski definition) is 6. The van der Waals surface area contributed by atoms with Gasteiger partial charge in [0.1, 0.15) is 10.6 Å². The molecule has 0 unspecified atom stereocenters. The van der Waals surface area contributed by atoms with Crippen molar-refractivity contribution in [2.45, 2.75) is 70.2 Å². The lowest BCUT2D eigenvalue weighted by atomic mass is 9.87. The molecule has 2 fully saturated rings. The quantitative estimate of drug-likeness (QED) is 0.220. The van der Waals surface area contributed by atoms with Crippen molar-refractivity contribution in [2.24, 2.45) is 0 Å². The van der Waals surface area contributed by atoms with Crippen LogP contribution < -0.4 is 10.2 Å². The number of thiocarbonyl (C=S) groups is 1. The van der Waals surface area contributed by atoms with Crippen molar-refractivity contribution in [3.63, 3.8) is 0 Å². The zero-order valence-corrected chi connectivity index (χ0v) is 24.0. The lowest BCUT2D eigenvalue weighted by Crippen LogP contribution is -2.44. The summed E-state index contributed by atoms with van der Waals surface area (Å²) in [6.07, 6.45) is -1.40. The highest BCUT2D eigenvalue weighted by Crippen LogP contribution is 2.38. The van der Waals surface area contributed by atoms with E-state index in [2.05, 4.69) is 60.2 Å². The summed E-state index contributed by atoms with van der Waals surface area (Å²) in [5, 5.41) is 14.1. The maximum absolute atomic E-state index is 13.3. The molecule has 2 aromatic carbocycles. The van der Waals surface area contributed by atoms with E-state index < -0.39 is 22.4 Å². The van der Waals surface area contributed by atoms with E-state index in [9.17, 15) is 23.3 Å². The number of rotatable bonds is 7. The topological polar surface area (TPSA) is 70.9 Å². The van der Waals surface area contributed by atoms with E-state index in [0.29, 0.717) is 32.5 Å². The van der Waals surface area contributed by atoms with E-state index in [0.717, 1.165) is 43.1 Å². The lowest BCUT2D eigenvalue weighted by molar-refractivity contribution is -0.388. The van der Waals surface area contributed by atoms with Gasteiger partial charge in [0.25, 0.3) is 5.69 Å². The van der Waals surface area contributed by atoms with Gasteiger partial charge in [0, 0.05) is 49.7 Å². The Balaban J connectivity index is 1.19. The normalized spacial score (nSPS) is 17.6. The Morgan fingerprint density at radius 2 is 1.65 bits per heavy atom. The van der Waals surface area contributed by atoms with Crippen molar-refractivity contribution in [1.29, 1.82) is 0 Å². The molecule has 0 radical (unpaired) electrons. The minimum absolute atomic E-state index is 0.0516. The molecule has 0 bridgehead atoms. The summed E-state index contributed by atoms with van der Waals surface area (Å²) in [6, 6.07) is 11.8. The number of nitrogens with zero attached hydrogens (tertiary/aromatic N) is 3. The second-order valence-electron chi connectivity index (χ2n) is 11.6. The third-order valence-electron chi connectivity index (χ3n) is 7.70. The molecule has 2 aliphatic rings. The van der Waals surface area contributed by atoms with Crippen molar-refractivity contribution in [3.05, 3.63) is 63.7 Å². The first kappa shape index (κ1) is 30.0. The van der Waals surface area contributed by atoms with Crippen LogP contribution >= 0.6 is 12.2 Å². The number of anilines is 2. The van der Waals surface area contributed by atoms with Gasteiger partial charge in [-0.25, -0.2) is 0 Å². The summed E-state index contributed by atoms with van der Waals surface area (Å²) in [6.45, 7) is 10.2. The van der Waals surface area contributed by atoms with Gasteiger partial charge >= 0.3 is 6.18 Å². The van der Waals surface area contributed by atoms with E-state index >= 15 is 0 Å². The maximum atomic E-state index is 13.3. The Labute approximate surface area is 238 Å². The van der Waals surface area contributed by atoms with Crippen molar-refractivity contribution < 1.29 is 22.8 Å². The standard InChI is InChI=1S/C29H37F3N4O3S/c1-28(2,3)20-4-7-23(8-5-20)34-16-12-24(13-17-34)39-19-27(40)35-14-10-21(11-15-35)33-22-6-9-26(36(37)38)25(18-22)29(30,31)32/h4-9,18,21,24,33H,10-17,19H2,1-3H3. The van der Waals surface area contributed by atoms with Crippen LogP contribution in [-0.4, -0.2) is 59.7 Å². The number of hydrogen-bond donors (Lipinski definition) is 1. The number of halogens is 3. The minimum Gasteiger partial charge on any atom is -0.382 e. The SMILES string of the molecule is CC(C)(C)c1ccc(N2CCC(OCC(=S)N3CCC(Nc4ccc([N+](=O)[O-])c(C(F)(F)F)c4)CC3)CC2)cc1. The molecular formula is C29H37F3N4O3S. The van der Waals surface area contributed by atoms with Gasteiger partial charge in [-0.1, -0.05) is 45.1 Å². The van der Waals surface area contributed by atoms with E-state index in [1.54, 1.807) is 0 Å². The smallest absolute Gasteiger partial charge is 0.382 e. The van der Waals surface area contributed by atoms with E-state index in [-0.39, 0.29) is 23.2 Å². The van der Waals surface area contributed by atoms with E-state index in [1.807, 2.05) is 0 Å². The number of nitrogens with one attached hydrogen (secondary N) is 1. The van der Waals surface area contributed by atoms with Gasteiger partial charge in [-0.15, -0.1) is 0 Å². The molecular weight excluding hydrogens is 541 g/mol. The Hall–Kier alpha value is -2.92. The van der Waals surface area contributed by atoms with Gasteiger partial charge in [0.15, 0.2) is 0 Å². The summed E-state index contributed by atoms with van der Waals surface area (Å²) < 4.78 is 46.0. The number of alkyl halides is 3.